The summed E-state index contributed by atoms with van der Waals surface area (Å²) in [6, 6.07) is 2.24. The summed E-state index contributed by atoms with van der Waals surface area (Å²) in [4.78, 5) is 15.3. The van der Waals surface area contributed by atoms with Crippen LogP contribution in [0.3, 0.4) is 0 Å². The molecule has 116 valence electrons. The van der Waals surface area contributed by atoms with Gasteiger partial charge >= 0.3 is 11.9 Å². The van der Waals surface area contributed by atoms with Crippen LogP contribution in [0.15, 0.2) is 12.1 Å². The van der Waals surface area contributed by atoms with Crippen LogP contribution in [-0.2, 0) is 0 Å². The SMILES string of the molecule is CCNc1ccc([N+](=O)[O-])c(N(CC(F)(F)F)C2CC2)n1. The fourth-order valence-corrected chi connectivity index (χ4v) is 2.03. The molecule has 2 rings (SSSR count). The topological polar surface area (TPSA) is 71.3 Å². The molecule has 1 aliphatic carbocycles. The van der Waals surface area contributed by atoms with Crippen molar-refractivity contribution in [2.75, 3.05) is 23.3 Å². The van der Waals surface area contributed by atoms with Crippen molar-refractivity contribution in [3.8, 4) is 0 Å². The highest BCUT2D eigenvalue weighted by molar-refractivity contribution is 5.63. The first kappa shape index (κ1) is 15.3. The first-order valence-electron chi connectivity index (χ1n) is 6.54. The van der Waals surface area contributed by atoms with Gasteiger partial charge in [0, 0.05) is 18.7 Å². The van der Waals surface area contributed by atoms with Crippen LogP contribution in [0.5, 0.6) is 0 Å². The number of halogens is 3. The Kier molecular flexibility index (Phi) is 4.19. The van der Waals surface area contributed by atoms with Gasteiger partial charge < -0.3 is 10.2 Å². The molecule has 0 spiro atoms. The van der Waals surface area contributed by atoms with Crippen molar-refractivity contribution in [2.24, 2.45) is 0 Å². The highest BCUT2D eigenvalue weighted by Crippen LogP contribution is 2.38. The largest absolute Gasteiger partial charge is 0.405 e. The minimum Gasteiger partial charge on any atom is -0.370 e. The average Bonchev–Trinajstić information content (AvgIpc) is 3.19. The van der Waals surface area contributed by atoms with Crippen LogP contribution in [0, 0.1) is 10.1 Å². The lowest BCUT2D eigenvalue weighted by molar-refractivity contribution is -0.384. The molecule has 0 saturated heterocycles. The number of hydrogen-bond acceptors (Lipinski definition) is 5. The summed E-state index contributed by atoms with van der Waals surface area (Å²) in [6.07, 6.45) is -3.27. The van der Waals surface area contributed by atoms with Crippen molar-refractivity contribution in [1.29, 1.82) is 0 Å². The summed E-state index contributed by atoms with van der Waals surface area (Å²) in [5, 5.41) is 13.9. The van der Waals surface area contributed by atoms with Crippen LogP contribution in [0.25, 0.3) is 0 Å². The molecule has 0 aliphatic heterocycles. The summed E-state index contributed by atoms with van der Waals surface area (Å²) < 4.78 is 38.1. The van der Waals surface area contributed by atoms with Crippen LogP contribution in [0.1, 0.15) is 19.8 Å². The highest BCUT2D eigenvalue weighted by atomic mass is 19.4. The van der Waals surface area contributed by atoms with Crippen LogP contribution in [-0.4, -0.2) is 35.2 Å². The van der Waals surface area contributed by atoms with Crippen molar-refractivity contribution in [1.82, 2.24) is 4.98 Å². The van der Waals surface area contributed by atoms with Crippen LogP contribution in [0.2, 0.25) is 0 Å². The van der Waals surface area contributed by atoms with Gasteiger partial charge in [0.1, 0.15) is 12.4 Å². The number of aromatic nitrogens is 1. The van der Waals surface area contributed by atoms with E-state index in [2.05, 4.69) is 10.3 Å². The number of nitrogens with one attached hydrogen (secondary N) is 1. The second-order valence-electron chi connectivity index (χ2n) is 4.80. The van der Waals surface area contributed by atoms with E-state index in [1.807, 2.05) is 0 Å². The molecule has 0 atom stereocenters. The van der Waals surface area contributed by atoms with Gasteiger partial charge in [0.15, 0.2) is 0 Å². The Bertz CT molecular complexity index is 532. The van der Waals surface area contributed by atoms with E-state index >= 15 is 0 Å². The van der Waals surface area contributed by atoms with Crippen molar-refractivity contribution >= 4 is 17.3 Å². The van der Waals surface area contributed by atoms with Crippen LogP contribution in [0.4, 0.5) is 30.5 Å². The molecule has 1 saturated carbocycles. The third kappa shape index (κ3) is 3.96. The molecule has 1 aromatic heterocycles. The number of rotatable bonds is 6. The summed E-state index contributed by atoms with van der Waals surface area (Å²) in [7, 11) is 0. The summed E-state index contributed by atoms with van der Waals surface area (Å²) in [6.45, 7) is 1.09. The van der Waals surface area contributed by atoms with Crippen molar-refractivity contribution < 1.29 is 18.1 Å². The Hall–Kier alpha value is -2.06. The molecule has 6 nitrogen and oxygen atoms in total. The van der Waals surface area contributed by atoms with E-state index in [-0.39, 0.29) is 11.9 Å². The lowest BCUT2D eigenvalue weighted by Crippen LogP contribution is -2.37. The first-order valence-corrected chi connectivity index (χ1v) is 6.54. The van der Waals surface area contributed by atoms with E-state index in [4.69, 9.17) is 0 Å². The molecule has 0 aromatic carbocycles. The molecule has 1 fully saturated rings. The van der Waals surface area contributed by atoms with Gasteiger partial charge in [-0.3, -0.25) is 10.1 Å². The predicted molar refractivity (Wildman–Crippen MR) is 71.5 cm³/mol. The van der Waals surface area contributed by atoms with E-state index in [0.717, 1.165) is 4.90 Å². The minimum atomic E-state index is -4.44. The molecule has 1 aromatic rings. The zero-order valence-corrected chi connectivity index (χ0v) is 11.4. The van der Waals surface area contributed by atoms with Gasteiger partial charge in [0.2, 0.25) is 5.82 Å². The Balaban J connectivity index is 2.40. The zero-order chi connectivity index (χ0) is 15.6. The normalized spacial score (nSPS) is 14.9. The predicted octanol–water partition coefficient (Wildman–Crippen LogP) is 2.95. The Morgan fingerprint density at radius 2 is 2.14 bits per heavy atom. The van der Waals surface area contributed by atoms with Crippen molar-refractivity contribution in [3.05, 3.63) is 22.2 Å². The lowest BCUT2D eigenvalue weighted by Gasteiger charge is -2.24. The monoisotopic (exact) mass is 304 g/mol. The molecule has 21 heavy (non-hydrogen) atoms. The molecule has 9 heteroatoms. The van der Waals surface area contributed by atoms with Gasteiger partial charge in [0.25, 0.3) is 0 Å². The third-order valence-corrected chi connectivity index (χ3v) is 3.02. The van der Waals surface area contributed by atoms with Crippen LogP contribution >= 0.6 is 0 Å². The third-order valence-electron chi connectivity index (χ3n) is 3.02. The van der Waals surface area contributed by atoms with Crippen molar-refractivity contribution in [3.63, 3.8) is 0 Å². The standard InChI is InChI=1S/C12H15F3N4O2/c1-2-16-10-6-5-9(19(20)21)11(17-10)18(8-3-4-8)7-12(13,14)15/h5-6,8H,2-4,7H2,1H3,(H,16,17). The summed E-state index contributed by atoms with van der Waals surface area (Å²) in [5.41, 5.74) is -0.409. The molecule has 0 amide bonds. The molecule has 0 unspecified atom stereocenters. The van der Waals surface area contributed by atoms with Gasteiger partial charge in [-0.2, -0.15) is 13.2 Å². The maximum Gasteiger partial charge on any atom is 0.405 e. The summed E-state index contributed by atoms with van der Waals surface area (Å²) in [5.74, 6) is 0.101. The smallest absolute Gasteiger partial charge is 0.370 e. The second-order valence-corrected chi connectivity index (χ2v) is 4.80. The number of alkyl halides is 3. The van der Waals surface area contributed by atoms with Gasteiger partial charge in [-0.25, -0.2) is 4.98 Å². The van der Waals surface area contributed by atoms with Crippen molar-refractivity contribution in [2.45, 2.75) is 32.0 Å². The Morgan fingerprint density at radius 3 is 2.62 bits per heavy atom. The number of nitrogens with zero attached hydrogens (tertiary/aromatic N) is 3. The fraction of sp³-hybridized carbons (Fsp3) is 0.583. The molecule has 0 radical (unpaired) electrons. The Morgan fingerprint density at radius 1 is 1.48 bits per heavy atom. The first-order chi connectivity index (χ1) is 9.81. The van der Waals surface area contributed by atoms with Gasteiger partial charge in [0.05, 0.1) is 4.92 Å². The van der Waals surface area contributed by atoms with Gasteiger partial charge in [-0.1, -0.05) is 0 Å². The quantitative estimate of drug-likeness (QED) is 0.646. The fourth-order valence-electron chi connectivity index (χ4n) is 2.03. The number of pyridine rings is 1. The number of anilines is 2. The van der Waals surface area contributed by atoms with Gasteiger partial charge in [-0.05, 0) is 25.8 Å². The molecule has 1 N–H and O–H groups in total. The molecule has 0 bridgehead atoms. The van der Waals surface area contributed by atoms with E-state index in [1.165, 1.54) is 12.1 Å². The minimum absolute atomic E-state index is 0.224. The van der Waals surface area contributed by atoms with E-state index in [9.17, 15) is 23.3 Å². The van der Waals surface area contributed by atoms with E-state index in [0.29, 0.717) is 25.2 Å². The summed E-state index contributed by atoms with van der Waals surface area (Å²) >= 11 is 0. The highest BCUT2D eigenvalue weighted by Gasteiger charge is 2.41. The Labute approximate surface area is 119 Å². The number of nitro groups is 1. The lowest BCUT2D eigenvalue weighted by atomic mass is 10.3. The zero-order valence-electron chi connectivity index (χ0n) is 11.4. The van der Waals surface area contributed by atoms with E-state index < -0.39 is 23.3 Å². The molecule has 1 aliphatic rings. The van der Waals surface area contributed by atoms with Crippen LogP contribution < -0.4 is 10.2 Å². The number of hydrogen-bond donors (Lipinski definition) is 1. The maximum absolute atomic E-state index is 12.7. The second kappa shape index (κ2) is 5.74. The van der Waals surface area contributed by atoms with Gasteiger partial charge in [-0.15, -0.1) is 0 Å². The average molecular weight is 304 g/mol. The maximum atomic E-state index is 12.7. The molecule has 1 heterocycles. The van der Waals surface area contributed by atoms with E-state index in [1.54, 1.807) is 6.92 Å². The molecular weight excluding hydrogens is 289 g/mol. The molecular formula is C12H15F3N4O2.